The highest BCUT2D eigenvalue weighted by Crippen LogP contribution is 2.30. The van der Waals surface area contributed by atoms with Crippen LogP contribution in [0.25, 0.3) is 0 Å². The number of unbranched alkanes of at least 4 members (excludes halogenated alkanes) is 1. The van der Waals surface area contributed by atoms with E-state index in [0.717, 1.165) is 17.8 Å². The Kier molecular flexibility index (Phi) is 6.93. The molecule has 18 heavy (non-hydrogen) atoms. The Morgan fingerprint density at radius 2 is 1.22 bits per heavy atom. The normalized spacial score (nSPS) is 23.7. The van der Waals surface area contributed by atoms with E-state index >= 15 is 0 Å². The molecule has 2 aliphatic rings. The summed E-state index contributed by atoms with van der Waals surface area (Å²) in [6.45, 7) is 1.34. The van der Waals surface area contributed by atoms with Gasteiger partial charge in [0.25, 0.3) is 0 Å². The van der Waals surface area contributed by atoms with Gasteiger partial charge in [0.1, 0.15) is 0 Å². The van der Waals surface area contributed by atoms with Crippen molar-refractivity contribution in [1.29, 1.82) is 0 Å². The van der Waals surface area contributed by atoms with Crippen LogP contribution in [0.3, 0.4) is 0 Å². The molecule has 2 fully saturated rings. The smallest absolute Gasteiger partial charge is 0.00981 e. The van der Waals surface area contributed by atoms with Crippen LogP contribution in [0.5, 0.6) is 0 Å². The lowest BCUT2D eigenvalue weighted by Crippen LogP contribution is -2.45. The summed E-state index contributed by atoms with van der Waals surface area (Å²) in [4.78, 5) is 2.92. The van der Waals surface area contributed by atoms with E-state index in [4.69, 9.17) is 0 Å². The Bertz CT molecular complexity index is 189. The van der Waals surface area contributed by atoms with Crippen LogP contribution in [0.1, 0.15) is 77.0 Å². The van der Waals surface area contributed by atoms with Crippen molar-refractivity contribution < 1.29 is 0 Å². The molecule has 0 atom stereocenters. The van der Waals surface area contributed by atoms with Crippen molar-refractivity contribution in [2.75, 3.05) is 12.3 Å². The van der Waals surface area contributed by atoms with Crippen LogP contribution in [-0.2, 0) is 0 Å². The van der Waals surface area contributed by atoms with Crippen molar-refractivity contribution in [3.05, 3.63) is 0 Å². The number of hydrogen-bond acceptors (Lipinski definition) is 2. The zero-order valence-electron chi connectivity index (χ0n) is 11.9. The van der Waals surface area contributed by atoms with E-state index in [1.807, 2.05) is 0 Å². The van der Waals surface area contributed by atoms with E-state index < -0.39 is 0 Å². The molecule has 0 amide bonds. The molecule has 2 aliphatic carbocycles. The molecule has 0 aromatic rings. The first-order chi connectivity index (χ1) is 8.92. The third-order valence-electron chi connectivity index (χ3n) is 4.91. The summed E-state index contributed by atoms with van der Waals surface area (Å²) in [6.07, 6.45) is 17.4. The van der Waals surface area contributed by atoms with E-state index in [2.05, 4.69) is 17.5 Å². The van der Waals surface area contributed by atoms with Gasteiger partial charge in [-0.1, -0.05) is 38.5 Å². The van der Waals surface area contributed by atoms with E-state index in [-0.39, 0.29) is 0 Å². The molecule has 106 valence electrons. The Hall–Kier alpha value is 0.310. The van der Waals surface area contributed by atoms with Crippen molar-refractivity contribution in [3.8, 4) is 0 Å². The number of hydrogen-bond donors (Lipinski definition) is 1. The van der Waals surface area contributed by atoms with E-state index in [1.165, 1.54) is 83.6 Å². The minimum absolute atomic E-state index is 0.918. The van der Waals surface area contributed by atoms with E-state index in [9.17, 15) is 0 Å². The van der Waals surface area contributed by atoms with Gasteiger partial charge >= 0.3 is 0 Å². The third kappa shape index (κ3) is 4.45. The van der Waals surface area contributed by atoms with Crippen molar-refractivity contribution >= 4 is 12.6 Å². The highest BCUT2D eigenvalue weighted by atomic mass is 32.1. The van der Waals surface area contributed by atoms with Crippen LogP contribution in [0.4, 0.5) is 0 Å². The van der Waals surface area contributed by atoms with Gasteiger partial charge in [-0.2, -0.15) is 12.6 Å². The second kappa shape index (κ2) is 8.47. The summed E-state index contributed by atoms with van der Waals surface area (Å²) < 4.78 is 0. The van der Waals surface area contributed by atoms with Gasteiger partial charge in [-0.25, -0.2) is 0 Å². The first-order valence-electron chi connectivity index (χ1n) is 8.28. The lowest BCUT2D eigenvalue weighted by Gasteiger charge is -2.41. The molecule has 0 saturated heterocycles. The molecule has 0 spiro atoms. The second-order valence-corrected chi connectivity index (χ2v) is 6.70. The zero-order valence-corrected chi connectivity index (χ0v) is 12.8. The maximum Gasteiger partial charge on any atom is 0.00981 e. The monoisotopic (exact) mass is 269 g/mol. The number of nitrogens with zero attached hydrogens (tertiary/aromatic N) is 1. The van der Waals surface area contributed by atoms with Crippen LogP contribution in [0.15, 0.2) is 0 Å². The van der Waals surface area contributed by atoms with Crippen LogP contribution in [0, 0.1) is 0 Å². The van der Waals surface area contributed by atoms with E-state index in [0.29, 0.717) is 0 Å². The minimum Gasteiger partial charge on any atom is -0.297 e. The summed E-state index contributed by atoms with van der Waals surface area (Å²) in [6, 6.07) is 1.84. The minimum atomic E-state index is 0.918. The largest absolute Gasteiger partial charge is 0.297 e. The lowest BCUT2D eigenvalue weighted by molar-refractivity contribution is 0.0795. The van der Waals surface area contributed by atoms with Crippen LogP contribution < -0.4 is 0 Å². The molecular weight excluding hydrogens is 238 g/mol. The average Bonchev–Trinajstić information content (AvgIpc) is 2.46. The van der Waals surface area contributed by atoms with Crippen molar-refractivity contribution in [3.63, 3.8) is 0 Å². The Balaban J connectivity index is 1.87. The van der Waals surface area contributed by atoms with Gasteiger partial charge in [0.15, 0.2) is 0 Å². The molecule has 0 radical (unpaired) electrons. The number of rotatable bonds is 6. The van der Waals surface area contributed by atoms with Gasteiger partial charge in [0, 0.05) is 12.1 Å². The molecule has 1 nitrogen and oxygen atoms in total. The Morgan fingerprint density at radius 1 is 0.722 bits per heavy atom. The van der Waals surface area contributed by atoms with E-state index in [1.54, 1.807) is 0 Å². The molecule has 0 aromatic carbocycles. The van der Waals surface area contributed by atoms with Gasteiger partial charge in [0.2, 0.25) is 0 Å². The first kappa shape index (κ1) is 14.7. The summed E-state index contributed by atoms with van der Waals surface area (Å²) in [7, 11) is 0. The van der Waals surface area contributed by atoms with Crippen molar-refractivity contribution in [2.45, 2.75) is 89.1 Å². The molecular formula is C16H31NS. The van der Waals surface area contributed by atoms with Gasteiger partial charge in [-0.3, -0.25) is 4.90 Å². The molecule has 2 heteroatoms. The summed E-state index contributed by atoms with van der Waals surface area (Å²) in [5, 5.41) is 0. The van der Waals surface area contributed by atoms with Gasteiger partial charge in [-0.05, 0) is 50.8 Å². The highest BCUT2D eigenvalue weighted by Gasteiger charge is 2.28. The van der Waals surface area contributed by atoms with Gasteiger partial charge < -0.3 is 0 Å². The molecule has 2 rings (SSSR count). The predicted molar refractivity (Wildman–Crippen MR) is 83.5 cm³/mol. The molecule has 0 aliphatic heterocycles. The molecule has 0 heterocycles. The Labute approximate surface area is 119 Å². The summed E-state index contributed by atoms with van der Waals surface area (Å²) in [5.41, 5.74) is 0. The fraction of sp³-hybridized carbons (Fsp3) is 1.00. The predicted octanol–water partition coefficient (Wildman–Crippen LogP) is 4.66. The molecule has 0 unspecified atom stereocenters. The SMILES string of the molecule is SCCCCN(C1CCCCC1)C1CCCCC1. The molecule has 0 bridgehead atoms. The summed E-state index contributed by atoms with van der Waals surface area (Å²) >= 11 is 4.36. The number of thiol groups is 1. The molecule has 2 saturated carbocycles. The van der Waals surface area contributed by atoms with Crippen LogP contribution >= 0.6 is 12.6 Å². The first-order valence-corrected chi connectivity index (χ1v) is 8.91. The highest BCUT2D eigenvalue weighted by molar-refractivity contribution is 7.80. The maximum atomic E-state index is 4.36. The fourth-order valence-corrected chi connectivity index (χ4v) is 4.12. The van der Waals surface area contributed by atoms with Crippen LogP contribution in [-0.4, -0.2) is 29.3 Å². The summed E-state index contributed by atoms with van der Waals surface area (Å²) in [5.74, 6) is 1.06. The molecule has 0 N–H and O–H groups in total. The Morgan fingerprint density at radius 3 is 1.67 bits per heavy atom. The second-order valence-electron chi connectivity index (χ2n) is 6.25. The standard InChI is InChI=1S/C16H31NS/c18-14-8-7-13-17(15-9-3-1-4-10-15)16-11-5-2-6-12-16/h15-16,18H,1-14H2. The third-order valence-corrected chi connectivity index (χ3v) is 5.23. The van der Waals surface area contributed by atoms with Crippen molar-refractivity contribution in [1.82, 2.24) is 4.90 Å². The average molecular weight is 269 g/mol. The molecule has 0 aromatic heterocycles. The zero-order chi connectivity index (χ0) is 12.6. The lowest BCUT2D eigenvalue weighted by atomic mass is 9.88. The quantitative estimate of drug-likeness (QED) is 0.542. The topological polar surface area (TPSA) is 3.24 Å². The maximum absolute atomic E-state index is 4.36. The van der Waals surface area contributed by atoms with Gasteiger partial charge in [0.05, 0.1) is 0 Å². The fourth-order valence-electron chi connectivity index (χ4n) is 3.89. The van der Waals surface area contributed by atoms with Crippen LogP contribution in [0.2, 0.25) is 0 Å². The van der Waals surface area contributed by atoms with Gasteiger partial charge in [-0.15, -0.1) is 0 Å². The van der Waals surface area contributed by atoms with Crippen molar-refractivity contribution in [2.24, 2.45) is 0 Å².